The molecule has 2 rings (SSSR count). The zero-order valence-corrected chi connectivity index (χ0v) is 10.5. The van der Waals surface area contributed by atoms with E-state index in [4.69, 9.17) is 21.1 Å². The van der Waals surface area contributed by atoms with E-state index in [1.807, 2.05) is 38.1 Å². The van der Waals surface area contributed by atoms with Gasteiger partial charge in [0.2, 0.25) is 0 Å². The first-order valence-electron chi connectivity index (χ1n) is 5.30. The van der Waals surface area contributed by atoms with E-state index in [1.54, 1.807) is 0 Å². The highest BCUT2D eigenvalue weighted by Gasteiger charge is 2.19. The largest absolute Gasteiger partial charge is 0.486 e. The number of rotatable bonds is 2. The zero-order valence-electron chi connectivity index (χ0n) is 9.79. The molecule has 3 nitrogen and oxygen atoms in total. The van der Waals surface area contributed by atoms with Crippen molar-refractivity contribution < 1.29 is 9.47 Å². The van der Waals surface area contributed by atoms with Gasteiger partial charge in [-0.2, -0.15) is 0 Å². The molecule has 0 radical (unpaired) electrons. The molecule has 1 aliphatic heterocycles. The SMILES string of the molecule is Cc1cc2c(cc1C(Cl)N(C)C)OCCO2. The molecule has 0 aromatic heterocycles. The van der Waals surface area contributed by atoms with Crippen molar-refractivity contribution in [3.8, 4) is 11.5 Å². The van der Waals surface area contributed by atoms with Gasteiger partial charge in [0, 0.05) is 0 Å². The van der Waals surface area contributed by atoms with Crippen LogP contribution in [0.3, 0.4) is 0 Å². The third-order valence-electron chi connectivity index (χ3n) is 2.64. The van der Waals surface area contributed by atoms with Crippen molar-refractivity contribution in [2.45, 2.75) is 12.4 Å². The van der Waals surface area contributed by atoms with Crippen LogP contribution < -0.4 is 9.47 Å². The number of halogens is 1. The summed E-state index contributed by atoms with van der Waals surface area (Å²) in [6.45, 7) is 3.25. The molecule has 1 aliphatic rings. The van der Waals surface area contributed by atoms with Crippen molar-refractivity contribution >= 4 is 11.6 Å². The fourth-order valence-corrected chi connectivity index (χ4v) is 1.98. The number of ether oxygens (including phenoxy) is 2. The van der Waals surface area contributed by atoms with Crippen molar-refractivity contribution in [1.29, 1.82) is 0 Å². The summed E-state index contributed by atoms with van der Waals surface area (Å²) in [7, 11) is 3.90. The van der Waals surface area contributed by atoms with Crippen LogP contribution in [0.5, 0.6) is 11.5 Å². The first-order valence-corrected chi connectivity index (χ1v) is 5.74. The molecule has 0 amide bonds. The van der Waals surface area contributed by atoms with Gasteiger partial charge in [-0.1, -0.05) is 0 Å². The summed E-state index contributed by atoms with van der Waals surface area (Å²) >= 11 is 6.32. The average molecular weight is 242 g/mol. The minimum atomic E-state index is -0.143. The molecule has 88 valence electrons. The summed E-state index contributed by atoms with van der Waals surface area (Å²) in [5.41, 5.74) is 2.05. The predicted octanol–water partition coefficient (Wildman–Crippen LogP) is 2.57. The fraction of sp³-hybridized carbons (Fsp3) is 0.500. The highest BCUT2D eigenvalue weighted by molar-refractivity contribution is 6.20. The van der Waals surface area contributed by atoms with E-state index in [1.165, 1.54) is 0 Å². The molecule has 0 saturated heterocycles. The second kappa shape index (κ2) is 4.52. The Morgan fingerprint density at radius 1 is 1.19 bits per heavy atom. The van der Waals surface area contributed by atoms with Gasteiger partial charge in [0.1, 0.15) is 18.7 Å². The van der Waals surface area contributed by atoms with Gasteiger partial charge in [-0.15, -0.1) is 11.6 Å². The molecular weight excluding hydrogens is 226 g/mol. The number of nitrogens with zero attached hydrogens (tertiary/aromatic N) is 1. The molecule has 0 spiro atoms. The normalized spacial score (nSPS) is 16.3. The summed E-state index contributed by atoms with van der Waals surface area (Å²) in [5.74, 6) is 1.61. The Labute approximate surface area is 101 Å². The molecule has 1 heterocycles. The van der Waals surface area contributed by atoms with Crippen LogP contribution >= 0.6 is 11.6 Å². The molecule has 0 aliphatic carbocycles. The van der Waals surface area contributed by atoms with Crippen LogP contribution in [0.2, 0.25) is 0 Å². The van der Waals surface area contributed by atoms with Crippen LogP contribution in [-0.4, -0.2) is 32.2 Å². The molecule has 1 unspecified atom stereocenters. The number of fused-ring (bicyclic) bond motifs is 1. The number of aryl methyl sites for hydroxylation is 1. The van der Waals surface area contributed by atoms with Crippen LogP contribution in [0.1, 0.15) is 16.6 Å². The van der Waals surface area contributed by atoms with E-state index >= 15 is 0 Å². The van der Waals surface area contributed by atoms with Gasteiger partial charge in [0.15, 0.2) is 11.5 Å². The lowest BCUT2D eigenvalue weighted by molar-refractivity contribution is 0.171. The van der Waals surface area contributed by atoms with Crippen molar-refractivity contribution in [3.05, 3.63) is 23.3 Å². The second-order valence-electron chi connectivity index (χ2n) is 4.15. The highest BCUT2D eigenvalue weighted by atomic mass is 35.5. The molecule has 1 atom stereocenters. The predicted molar refractivity (Wildman–Crippen MR) is 64.5 cm³/mol. The van der Waals surface area contributed by atoms with Crippen LogP contribution in [-0.2, 0) is 0 Å². The topological polar surface area (TPSA) is 21.7 Å². The first-order chi connectivity index (χ1) is 7.59. The Bertz CT molecular complexity index is 393. The van der Waals surface area contributed by atoms with Gasteiger partial charge in [0.25, 0.3) is 0 Å². The lowest BCUT2D eigenvalue weighted by atomic mass is 10.1. The monoisotopic (exact) mass is 241 g/mol. The third kappa shape index (κ3) is 2.11. The Kier molecular flexibility index (Phi) is 3.26. The lowest BCUT2D eigenvalue weighted by Gasteiger charge is -2.24. The maximum Gasteiger partial charge on any atom is 0.161 e. The molecule has 4 heteroatoms. The van der Waals surface area contributed by atoms with E-state index < -0.39 is 0 Å². The fourth-order valence-electron chi connectivity index (χ4n) is 1.74. The zero-order chi connectivity index (χ0) is 11.7. The van der Waals surface area contributed by atoms with Crippen molar-refractivity contribution in [1.82, 2.24) is 4.90 Å². The van der Waals surface area contributed by atoms with E-state index in [9.17, 15) is 0 Å². The van der Waals surface area contributed by atoms with Crippen molar-refractivity contribution in [3.63, 3.8) is 0 Å². The average Bonchev–Trinajstić information content (AvgIpc) is 2.27. The molecular formula is C12H16ClNO2. The summed E-state index contributed by atoms with van der Waals surface area (Å²) in [4.78, 5) is 1.96. The maximum atomic E-state index is 6.32. The summed E-state index contributed by atoms with van der Waals surface area (Å²) in [6.07, 6.45) is 0. The quantitative estimate of drug-likeness (QED) is 0.587. The smallest absolute Gasteiger partial charge is 0.161 e. The van der Waals surface area contributed by atoms with E-state index in [-0.39, 0.29) is 5.50 Å². The van der Waals surface area contributed by atoms with Gasteiger partial charge in [-0.05, 0) is 44.3 Å². The van der Waals surface area contributed by atoms with Crippen LogP contribution in [0.25, 0.3) is 0 Å². The molecule has 0 bridgehead atoms. The lowest BCUT2D eigenvalue weighted by Crippen LogP contribution is -2.18. The Balaban J connectivity index is 2.39. The van der Waals surface area contributed by atoms with Gasteiger partial charge in [-0.25, -0.2) is 0 Å². The van der Waals surface area contributed by atoms with Crippen molar-refractivity contribution in [2.75, 3.05) is 27.3 Å². The van der Waals surface area contributed by atoms with E-state index in [2.05, 4.69) is 0 Å². The second-order valence-corrected chi connectivity index (χ2v) is 4.57. The van der Waals surface area contributed by atoms with Gasteiger partial charge in [0.05, 0.1) is 0 Å². The highest BCUT2D eigenvalue weighted by Crippen LogP contribution is 2.37. The molecule has 16 heavy (non-hydrogen) atoms. The van der Waals surface area contributed by atoms with Gasteiger partial charge < -0.3 is 9.47 Å². The van der Waals surface area contributed by atoms with Crippen LogP contribution in [0.15, 0.2) is 12.1 Å². The Hall–Kier alpha value is -0.930. The molecule has 1 aromatic carbocycles. The van der Waals surface area contributed by atoms with Gasteiger partial charge >= 0.3 is 0 Å². The number of benzene rings is 1. The van der Waals surface area contributed by atoms with E-state index in [0.717, 1.165) is 22.6 Å². The first kappa shape index (κ1) is 11.6. The summed E-state index contributed by atoms with van der Waals surface area (Å²) in [6, 6.07) is 3.96. The molecule has 0 fully saturated rings. The van der Waals surface area contributed by atoms with Crippen molar-refractivity contribution in [2.24, 2.45) is 0 Å². The molecule has 0 saturated carbocycles. The standard InChI is InChI=1S/C12H16ClNO2/c1-8-6-10-11(16-5-4-15-10)7-9(8)12(13)14(2)3/h6-7,12H,4-5H2,1-3H3. The minimum absolute atomic E-state index is 0.143. The Morgan fingerprint density at radius 3 is 2.31 bits per heavy atom. The minimum Gasteiger partial charge on any atom is -0.486 e. The third-order valence-corrected chi connectivity index (χ3v) is 3.27. The number of hydrogen-bond donors (Lipinski definition) is 0. The number of hydrogen-bond acceptors (Lipinski definition) is 3. The van der Waals surface area contributed by atoms with Crippen LogP contribution in [0, 0.1) is 6.92 Å². The number of alkyl halides is 1. The molecule has 1 aromatic rings. The van der Waals surface area contributed by atoms with Crippen LogP contribution in [0.4, 0.5) is 0 Å². The summed E-state index contributed by atoms with van der Waals surface area (Å²) < 4.78 is 11.1. The maximum absolute atomic E-state index is 6.32. The van der Waals surface area contributed by atoms with E-state index in [0.29, 0.717) is 13.2 Å². The van der Waals surface area contributed by atoms with Gasteiger partial charge in [-0.3, -0.25) is 4.90 Å². The summed E-state index contributed by atoms with van der Waals surface area (Å²) in [5, 5.41) is 0. The Morgan fingerprint density at radius 2 is 1.75 bits per heavy atom. The molecule has 0 N–H and O–H groups in total.